The number of hydrogen-bond donors (Lipinski definition) is 0. The van der Waals surface area contributed by atoms with Crippen molar-refractivity contribution in [2.24, 2.45) is 55.2 Å². The van der Waals surface area contributed by atoms with Crippen LogP contribution < -0.4 is 24.8 Å². The summed E-state index contributed by atoms with van der Waals surface area (Å²) in [5, 5.41) is 0. The van der Waals surface area contributed by atoms with Crippen LogP contribution in [-0.2, 0) is 21.3 Å². The Labute approximate surface area is 372 Å². The van der Waals surface area contributed by atoms with Crippen molar-refractivity contribution in [3.05, 3.63) is 164 Å². The van der Waals surface area contributed by atoms with Crippen molar-refractivity contribution in [2.75, 3.05) is 0 Å². The summed E-state index contributed by atoms with van der Waals surface area (Å²) in [6, 6.07) is 19.4. The second-order valence-electron chi connectivity index (χ2n) is 21.0. The molecule has 6 aliphatic rings. The Morgan fingerprint density at radius 3 is 1.59 bits per heavy atom. The molecule has 0 aliphatic heterocycles. The van der Waals surface area contributed by atoms with Crippen molar-refractivity contribution in [3.8, 4) is 0 Å². The number of rotatable bonds is 5. The van der Waals surface area contributed by atoms with Crippen molar-refractivity contribution in [3.63, 3.8) is 0 Å². The number of allylic oxidation sites excluding steroid dienone is 16. The fraction of sp³-hybridized carbons (Fsp3) is 0.473. The first kappa shape index (κ1) is 45.2. The summed E-state index contributed by atoms with van der Waals surface area (Å²) >= 11 is -3.17. The van der Waals surface area contributed by atoms with Crippen molar-refractivity contribution >= 4 is 3.21 Å². The van der Waals surface area contributed by atoms with Crippen LogP contribution in [0.3, 0.4) is 0 Å². The minimum Gasteiger partial charge on any atom is -1.00 e. The Bertz CT molecular complexity index is 2220. The smallest absolute Gasteiger partial charge is 1.00 e. The van der Waals surface area contributed by atoms with Crippen LogP contribution in [-0.4, -0.2) is 3.21 Å². The van der Waals surface area contributed by atoms with E-state index < -0.39 is 21.3 Å². The number of fused-ring (bicyclic) bond motifs is 8. The number of hydrogen-bond acceptors (Lipinski definition) is 0. The van der Waals surface area contributed by atoms with Crippen LogP contribution in [0.4, 0.5) is 0 Å². The zero-order valence-electron chi connectivity index (χ0n) is 37.8. The van der Waals surface area contributed by atoms with E-state index in [-0.39, 0.29) is 68.1 Å². The van der Waals surface area contributed by atoms with Crippen LogP contribution in [0.15, 0.2) is 142 Å². The first-order chi connectivity index (χ1) is 26.2. The molecule has 58 heavy (non-hydrogen) atoms. The van der Waals surface area contributed by atoms with E-state index in [2.05, 4.69) is 224 Å². The van der Waals surface area contributed by atoms with Gasteiger partial charge in [-0.15, -0.1) is 0 Å². The molecule has 0 bridgehead atoms. The molecule has 2 fully saturated rings. The summed E-state index contributed by atoms with van der Waals surface area (Å²) in [6.07, 6.45) is 34.6. The van der Waals surface area contributed by atoms with E-state index in [4.69, 9.17) is 0 Å². The molecule has 0 heterocycles. The Morgan fingerprint density at radius 2 is 1.10 bits per heavy atom. The molecule has 2 aromatic carbocycles. The summed E-state index contributed by atoms with van der Waals surface area (Å²) in [4.78, 5) is 0. The molecule has 0 aromatic heterocycles. The standard InChI is InChI=1S/C29H37.C15H14.C11H17.2ClH.Zr/c1-21-14-13-15-22-20-27(6)25(4)18-10-9-16-23(25,2)24(3)17-11-12-19-26(24,5)29(27,8)28(21,22)7;1-12-3-7-14(8-4-12)11-15-9-5-13(2)6-10-15;1-5-9-6-7-10(8-9)11(2,3)4;;;/h9-20,22H,1-8H3;3-10H,1-2H3;7-9H,5H2,1-4H3;2*1H;/q;;;;;+2/p-2. The van der Waals surface area contributed by atoms with Crippen molar-refractivity contribution in [1.82, 2.24) is 0 Å². The summed E-state index contributed by atoms with van der Waals surface area (Å²) in [7, 11) is 0. The summed E-state index contributed by atoms with van der Waals surface area (Å²) in [5.74, 6) is 0.845. The van der Waals surface area contributed by atoms with Gasteiger partial charge >= 0.3 is 351 Å². The zero-order chi connectivity index (χ0) is 40.5. The third-order valence-corrected chi connectivity index (χ3v) is 27.8. The Kier molecular flexibility index (Phi) is 11.4. The predicted octanol–water partition coefficient (Wildman–Crippen LogP) is 8.64. The molecule has 0 spiro atoms. The van der Waals surface area contributed by atoms with E-state index >= 15 is 0 Å². The van der Waals surface area contributed by atoms with Gasteiger partial charge in [0, 0.05) is 0 Å². The maximum Gasteiger partial charge on any atom is -1.00 e. The van der Waals surface area contributed by atoms with E-state index in [1.165, 1.54) is 27.8 Å². The van der Waals surface area contributed by atoms with Crippen molar-refractivity contribution in [2.45, 2.75) is 107 Å². The Morgan fingerprint density at radius 1 is 0.638 bits per heavy atom. The van der Waals surface area contributed by atoms with Gasteiger partial charge < -0.3 is 24.8 Å². The molecule has 0 saturated heterocycles. The molecule has 8 rings (SSSR count). The molecule has 6 aliphatic carbocycles. The van der Waals surface area contributed by atoms with Gasteiger partial charge in [-0.2, -0.15) is 0 Å². The second kappa shape index (κ2) is 14.7. The molecule has 10 unspecified atom stereocenters. The molecule has 0 radical (unpaired) electrons. The van der Waals surface area contributed by atoms with Gasteiger partial charge in [0.15, 0.2) is 0 Å². The molecule has 2 aromatic rings. The van der Waals surface area contributed by atoms with E-state index in [0.717, 1.165) is 6.42 Å². The minimum absolute atomic E-state index is 0. The van der Waals surface area contributed by atoms with Crippen LogP contribution in [0.2, 0.25) is 3.63 Å². The molecule has 2 saturated carbocycles. The van der Waals surface area contributed by atoms with Crippen LogP contribution in [0.5, 0.6) is 0 Å². The molecule has 306 valence electrons. The van der Waals surface area contributed by atoms with E-state index in [9.17, 15) is 0 Å². The first-order valence-corrected chi connectivity index (χ1v) is 25.5. The van der Waals surface area contributed by atoms with E-state index in [1.807, 2.05) is 3.28 Å². The van der Waals surface area contributed by atoms with Crippen LogP contribution in [0, 0.1) is 69.0 Å². The quantitative estimate of drug-likeness (QED) is 0.282. The average Bonchev–Trinajstić information content (AvgIpc) is 3.67. The maximum atomic E-state index is 2.85. The van der Waals surface area contributed by atoms with Crippen molar-refractivity contribution in [1.29, 1.82) is 0 Å². The third-order valence-electron chi connectivity index (χ3n) is 18.5. The topological polar surface area (TPSA) is 0 Å². The van der Waals surface area contributed by atoms with Gasteiger partial charge in [-0.05, 0) is 0 Å². The number of benzene rings is 2. The largest absolute Gasteiger partial charge is 1.00 e. The predicted molar refractivity (Wildman–Crippen MR) is 238 cm³/mol. The normalized spacial score (nSPS) is 38.8. The number of halogens is 2. The Balaban J connectivity index is 0.00000283. The van der Waals surface area contributed by atoms with Gasteiger partial charge in [0.25, 0.3) is 0 Å². The van der Waals surface area contributed by atoms with Crippen LogP contribution >= 0.6 is 0 Å². The maximum absolute atomic E-state index is 3.17. The second-order valence-corrected chi connectivity index (χ2v) is 27.2. The molecule has 0 amide bonds. The molecular formula is C55H68Cl2Zr. The summed E-state index contributed by atoms with van der Waals surface area (Å²) in [6.45, 7) is 35.8. The zero-order valence-corrected chi connectivity index (χ0v) is 41.8. The monoisotopic (exact) mass is 888 g/mol. The molecule has 0 N–H and O–H groups in total. The average molecular weight is 891 g/mol. The summed E-state index contributed by atoms with van der Waals surface area (Å²) in [5.41, 5.74) is 7.88. The molecule has 3 heteroatoms. The Hall–Kier alpha value is -2.31. The van der Waals surface area contributed by atoms with Gasteiger partial charge in [-0.25, -0.2) is 0 Å². The van der Waals surface area contributed by atoms with Gasteiger partial charge in [-0.3, -0.25) is 0 Å². The van der Waals surface area contributed by atoms with Gasteiger partial charge in [0.05, 0.1) is 0 Å². The number of aryl methyl sites for hydroxylation is 2. The third kappa shape index (κ3) is 5.37. The van der Waals surface area contributed by atoms with Crippen LogP contribution in [0.25, 0.3) is 0 Å². The molecule has 0 nitrogen and oxygen atoms in total. The fourth-order valence-corrected chi connectivity index (χ4v) is 26.3. The van der Waals surface area contributed by atoms with Gasteiger partial charge in [-0.1, -0.05) is 0 Å². The summed E-state index contributed by atoms with van der Waals surface area (Å²) < 4.78 is 3.97. The SMILES string of the molecule is CCC1C=C(C(C)(C)C)C=[C]1[Zr+2](=[C](c1ccc(C)cc1)c1ccc(C)cc1)[CH]1C2C=CC=C(C)C2(C)C2(C)C3(C)C=CC=CC3(C)C3(C)C=CC=CC3(C)C12C.[Cl-].[Cl-]. The molecular weight excluding hydrogens is 823 g/mol. The minimum atomic E-state index is -3.17. The fourth-order valence-electron chi connectivity index (χ4n) is 14.3. The van der Waals surface area contributed by atoms with Gasteiger partial charge in [0.1, 0.15) is 0 Å². The van der Waals surface area contributed by atoms with E-state index in [0.29, 0.717) is 15.5 Å². The first-order valence-electron chi connectivity index (χ1n) is 21.6. The molecule has 10 atom stereocenters. The van der Waals surface area contributed by atoms with E-state index in [1.54, 1.807) is 8.78 Å². The van der Waals surface area contributed by atoms with Gasteiger partial charge in [0.2, 0.25) is 0 Å². The van der Waals surface area contributed by atoms with Crippen molar-refractivity contribution < 1.29 is 46.1 Å². The van der Waals surface area contributed by atoms with Crippen LogP contribution in [0.1, 0.15) is 112 Å².